The van der Waals surface area contributed by atoms with E-state index in [2.05, 4.69) is 18.3 Å². The van der Waals surface area contributed by atoms with Crippen LogP contribution in [0.1, 0.15) is 39.5 Å². The van der Waals surface area contributed by atoms with Crippen LogP contribution in [-0.4, -0.2) is 54.9 Å². The molecule has 6 nitrogen and oxygen atoms in total. The Hall–Kier alpha value is -2.34. The molecule has 1 N–H and O–H groups in total. The minimum atomic E-state index is -0.128. The molecular weight excluding hydrogens is 342 g/mol. The van der Waals surface area contributed by atoms with Crippen molar-refractivity contribution in [1.82, 2.24) is 9.80 Å². The van der Waals surface area contributed by atoms with Gasteiger partial charge in [-0.1, -0.05) is 19.9 Å². The summed E-state index contributed by atoms with van der Waals surface area (Å²) in [6, 6.07) is 7.20. The Kier molecular flexibility index (Phi) is 8.33. The number of amides is 2. The lowest BCUT2D eigenvalue weighted by Crippen LogP contribution is -2.42. The Balaban J connectivity index is 1.90. The summed E-state index contributed by atoms with van der Waals surface area (Å²) in [5.74, 6) is 0.687. The van der Waals surface area contributed by atoms with Crippen molar-refractivity contribution in [3.8, 4) is 5.75 Å². The quantitative estimate of drug-likeness (QED) is 0.684. The molecule has 0 saturated heterocycles. The second-order valence-electron chi connectivity index (χ2n) is 6.71. The molecule has 2 rings (SSSR count). The lowest BCUT2D eigenvalue weighted by atomic mass is 10.2. The first-order valence-corrected chi connectivity index (χ1v) is 9.73. The van der Waals surface area contributed by atoms with Crippen LogP contribution in [0, 0.1) is 0 Å². The van der Waals surface area contributed by atoms with Crippen molar-refractivity contribution < 1.29 is 14.3 Å². The summed E-state index contributed by atoms with van der Waals surface area (Å²) in [6.07, 6.45) is 6.22. The van der Waals surface area contributed by atoms with Crippen LogP contribution in [-0.2, 0) is 9.59 Å². The number of carbonyl (C=O) groups excluding carboxylic acids is 2. The van der Waals surface area contributed by atoms with E-state index in [0.717, 1.165) is 43.7 Å². The van der Waals surface area contributed by atoms with E-state index in [4.69, 9.17) is 4.74 Å². The van der Waals surface area contributed by atoms with Gasteiger partial charge in [-0.05, 0) is 56.5 Å². The van der Waals surface area contributed by atoms with Gasteiger partial charge < -0.3 is 15.0 Å². The number of likely N-dealkylation sites (N-methyl/N-ethyl adjacent to an activating group) is 1. The van der Waals surface area contributed by atoms with Crippen LogP contribution in [0.2, 0.25) is 0 Å². The predicted octanol–water partition coefficient (Wildman–Crippen LogP) is 3.26. The van der Waals surface area contributed by atoms with Crippen LogP contribution in [0.3, 0.4) is 0 Å². The van der Waals surface area contributed by atoms with Crippen molar-refractivity contribution in [3.63, 3.8) is 0 Å². The topological polar surface area (TPSA) is 61.9 Å². The molecule has 0 spiro atoms. The summed E-state index contributed by atoms with van der Waals surface area (Å²) >= 11 is 0. The molecule has 1 aliphatic carbocycles. The molecule has 0 heterocycles. The molecule has 148 valence electrons. The summed E-state index contributed by atoms with van der Waals surface area (Å²) in [5.41, 5.74) is 1.85. The Morgan fingerprint density at radius 3 is 2.44 bits per heavy atom. The molecule has 6 heteroatoms. The molecule has 1 aromatic rings. The lowest BCUT2D eigenvalue weighted by molar-refractivity contribution is -0.131. The van der Waals surface area contributed by atoms with E-state index < -0.39 is 0 Å². The Morgan fingerprint density at radius 2 is 1.89 bits per heavy atom. The maximum Gasteiger partial charge on any atom is 0.240 e. The van der Waals surface area contributed by atoms with Crippen LogP contribution < -0.4 is 10.1 Å². The fraction of sp³-hybridized carbons (Fsp3) is 0.524. The largest absolute Gasteiger partial charge is 0.497 e. The molecule has 1 aliphatic rings. The molecule has 0 atom stereocenters. The summed E-state index contributed by atoms with van der Waals surface area (Å²) in [4.78, 5) is 28.9. The smallest absolute Gasteiger partial charge is 0.240 e. The molecule has 1 aromatic carbocycles. The SMILES string of the molecule is CCCN(C(=O)CN(CC)CC(=O)Nc1ccc(OC)cc1)C1=CCCC1. The summed E-state index contributed by atoms with van der Waals surface area (Å²) in [7, 11) is 1.60. The van der Waals surface area contributed by atoms with Crippen molar-refractivity contribution in [1.29, 1.82) is 0 Å². The third-order valence-corrected chi connectivity index (χ3v) is 4.66. The molecule has 0 saturated carbocycles. The van der Waals surface area contributed by atoms with E-state index in [1.165, 1.54) is 0 Å². The molecule has 0 bridgehead atoms. The van der Waals surface area contributed by atoms with E-state index in [1.807, 2.05) is 16.7 Å². The number of methoxy groups -OCH3 is 1. The fourth-order valence-electron chi connectivity index (χ4n) is 3.19. The highest BCUT2D eigenvalue weighted by atomic mass is 16.5. The minimum Gasteiger partial charge on any atom is -0.497 e. The van der Waals surface area contributed by atoms with Gasteiger partial charge in [0.15, 0.2) is 0 Å². The average molecular weight is 373 g/mol. The highest BCUT2D eigenvalue weighted by Crippen LogP contribution is 2.22. The highest BCUT2D eigenvalue weighted by molar-refractivity contribution is 5.92. The zero-order valence-corrected chi connectivity index (χ0v) is 16.7. The second-order valence-corrected chi connectivity index (χ2v) is 6.71. The number of anilines is 1. The van der Waals surface area contributed by atoms with Gasteiger partial charge in [-0.25, -0.2) is 0 Å². The van der Waals surface area contributed by atoms with Crippen molar-refractivity contribution in [3.05, 3.63) is 36.0 Å². The van der Waals surface area contributed by atoms with Gasteiger partial charge in [0.05, 0.1) is 20.2 Å². The maximum atomic E-state index is 12.8. The van der Waals surface area contributed by atoms with E-state index in [-0.39, 0.29) is 24.9 Å². The molecule has 0 aliphatic heterocycles. The predicted molar refractivity (Wildman–Crippen MR) is 108 cm³/mol. The zero-order valence-electron chi connectivity index (χ0n) is 16.7. The first-order valence-electron chi connectivity index (χ1n) is 9.73. The first-order chi connectivity index (χ1) is 13.1. The monoisotopic (exact) mass is 373 g/mol. The molecule has 0 fully saturated rings. The number of benzene rings is 1. The average Bonchev–Trinajstić information content (AvgIpc) is 3.20. The van der Waals surface area contributed by atoms with E-state index >= 15 is 0 Å². The van der Waals surface area contributed by atoms with Crippen LogP contribution in [0.5, 0.6) is 5.75 Å². The first kappa shape index (κ1) is 21.0. The van der Waals surface area contributed by atoms with Crippen molar-refractivity contribution in [2.75, 3.05) is 38.6 Å². The number of allylic oxidation sites excluding steroid dienone is 2. The number of ether oxygens (including phenoxy) is 1. The van der Waals surface area contributed by atoms with Gasteiger partial charge in [-0.15, -0.1) is 0 Å². The van der Waals surface area contributed by atoms with Gasteiger partial charge >= 0.3 is 0 Å². The van der Waals surface area contributed by atoms with Gasteiger partial charge in [0.25, 0.3) is 0 Å². The third kappa shape index (κ3) is 6.40. The Labute approximate surface area is 162 Å². The Bertz CT molecular complexity index is 655. The lowest BCUT2D eigenvalue weighted by Gasteiger charge is -2.27. The number of nitrogens with zero attached hydrogens (tertiary/aromatic N) is 2. The van der Waals surface area contributed by atoms with Crippen LogP contribution in [0.15, 0.2) is 36.0 Å². The Morgan fingerprint density at radius 1 is 1.15 bits per heavy atom. The number of hydrogen-bond donors (Lipinski definition) is 1. The van der Waals surface area contributed by atoms with Crippen molar-refractivity contribution in [2.45, 2.75) is 39.5 Å². The molecule has 0 aromatic heterocycles. The van der Waals surface area contributed by atoms with E-state index in [1.54, 1.807) is 31.4 Å². The number of carbonyl (C=O) groups is 2. The van der Waals surface area contributed by atoms with Crippen LogP contribution >= 0.6 is 0 Å². The van der Waals surface area contributed by atoms with E-state index in [0.29, 0.717) is 12.2 Å². The molecule has 0 unspecified atom stereocenters. The zero-order chi connectivity index (χ0) is 19.6. The van der Waals surface area contributed by atoms with Gasteiger partial charge in [-0.2, -0.15) is 0 Å². The number of hydrogen-bond acceptors (Lipinski definition) is 4. The van der Waals surface area contributed by atoms with Crippen LogP contribution in [0.25, 0.3) is 0 Å². The standard InChI is InChI=1S/C21H31N3O3/c1-4-14-24(18-8-6-7-9-18)21(26)16-23(5-2)15-20(25)22-17-10-12-19(27-3)13-11-17/h8,10-13H,4-7,9,14-16H2,1-3H3,(H,22,25). The maximum absolute atomic E-state index is 12.8. The molecule has 27 heavy (non-hydrogen) atoms. The third-order valence-electron chi connectivity index (χ3n) is 4.66. The number of nitrogens with one attached hydrogen (secondary N) is 1. The van der Waals surface area contributed by atoms with Gasteiger partial charge in [0.1, 0.15) is 5.75 Å². The van der Waals surface area contributed by atoms with Gasteiger partial charge in [0.2, 0.25) is 11.8 Å². The molecule has 2 amide bonds. The normalized spacial score (nSPS) is 13.4. The second kappa shape index (κ2) is 10.7. The molecular formula is C21H31N3O3. The van der Waals surface area contributed by atoms with E-state index in [9.17, 15) is 9.59 Å². The fourth-order valence-corrected chi connectivity index (χ4v) is 3.19. The summed E-state index contributed by atoms with van der Waals surface area (Å²) in [6.45, 7) is 5.86. The van der Waals surface area contributed by atoms with Gasteiger partial charge in [0, 0.05) is 17.9 Å². The minimum absolute atomic E-state index is 0.0732. The highest BCUT2D eigenvalue weighted by Gasteiger charge is 2.22. The van der Waals surface area contributed by atoms with Crippen molar-refractivity contribution in [2.24, 2.45) is 0 Å². The van der Waals surface area contributed by atoms with Crippen molar-refractivity contribution >= 4 is 17.5 Å². The summed E-state index contributed by atoms with van der Waals surface area (Å²) in [5, 5.41) is 2.87. The molecule has 0 radical (unpaired) electrons. The van der Waals surface area contributed by atoms with Gasteiger partial charge in [-0.3, -0.25) is 14.5 Å². The number of rotatable bonds is 10. The van der Waals surface area contributed by atoms with Crippen LogP contribution in [0.4, 0.5) is 5.69 Å². The summed E-state index contributed by atoms with van der Waals surface area (Å²) < 4.78 is 5.12.